The van der Waals surface area contributed by atoms with Crippen LogP contribution >= 0.6 is 0 Å². The Kier molecular flexibility index (Phi) is 2.23. The Bertz CT molecular complexity index is 411. The van der Waals surface area contributed by atoms with Crippen LogP contribution < -0.4 is 5.73 Å². The second-order valence-electron chi connectivity index (χ2n) is 4.29. The Morgan fingerprint density at radius 3 is 2.60 bits per heavy atom. The van der Waals surface area contributed by atoms with Crippen LogP contribution in [0.4, 0.5) is 5.69 Å². The highest BCUT2D eigenvalue weighted by Crippen LogP contribution is 2.42. The van der Waals surface area contributed by atoms with Gasteiger partial charge in [0.25, 0.3) is 5.69 Å². The van der Waals surface area contributed by atoms with Gasteiger partial charge in [-0.25, -0.2) is 0 Å². The Labute approximate surface area is 88.2 Å². The maximum Gasteiger partial charge on any atom is 0.274 e. The smallest absolute Gasteiger partial charge is 0.274 e. The van der Waals surface area contributed by atoms with E-state index in [9.17, 15) is 10.1 Å². The molecule has 1 aromatic rings. The molecule has 2 N–H and O–H groups in total. The summed E-state index contributed by atoms with van der Waals surface area (Å²) in [7, 11) is 0. The van der Waals surface area contributed by atoms with Gasteiger partial charge in [0.15, 0.2) is 0 Å². The first-order valence-corrected chi connectivity index (χ1v) is 5.07. The van der Waals surface area contributed by atoms with Crippen LogP contribution in [0, 0.1) is 17.0 Å². The van der Waals surface area contributed by atoms with Crippen LogP contribution in [-0.2, 0) is 5.54 Å². The minimum Gasteiger partial charge on any atom is -0.321 e. The van der Waals surface area contributed by atoms with Gasteiger partial charge in [0.05, 0.1) is 4.92 Å². The second kappa shape index (κ2) is 3.31. The first-order valence-electron chi connectivity index (χ1n) is 5.07. The molecule has 0 radical (unpaired) electrons. The molecule has 80 valence electrons. The van der Waals surface area contributed by atoms with Crippen molar-refractivity contribution in [3.8, 4) is 0 Å². The van der Waals surface area contributed by atoms with Crippen LogP contribution in [0.15, 0.2) is 18.2 Å². The topological polar surface area (TPSA) is 69.2 Å². The number of nitrogens with zero attached hydrogens (tertiary/aromatic N) is 1. The summed E-state index contributed by atoms with van der Waals surface area (Å²) in [4.78, 5) is 10.5. The molecule has 2 rings (SSSR count). The molecule has 0 bridgehead atoms. The number of aryl methyl sites for hydroxylation is 1. The predicted molar refractivity (Wildman–Crippen MR) is 57.5 cm³/mol. The van der Waals surface area contributed by atoms with E-state index < -0.39 is 5.54 Å². The highest BCUT2D eigenvalue weighted by Gasteiger charge is 2.39. The van der Waals surface area contributed by atoms with Gasteiger partial charge in [-0.2, -0.15) is 0 Å². The molecule has 0 unspecified atom stereocenters. The van der Waals surface area contributed by atoms with Gasteiger partial charge >= 0.3 is 0 Å². The minimum absolute atomic E-state index is 0.155. The summed E-state index contributed by atoms with van der Waals surface area (Å²) >= 11 is 0. The molecule has 0 heterocycles. The number of hydrogen-bond donors (Lipinski definition) is 1. The summed E-state index contributed by atoms with van der Waals surface area (Å²) in [5, 5.41) is 10.9. The normalized spacial score (nSPS) is 18.3. The molecule has 1 aliphatic rings. The number of nitro benzene ring substituents is 1. The summed E-state index contributed by atoms with van der Waals surface area (Å²) in [6.07, 6.45) is 2.75. The molecule has 0 spiro atoms. The van der Waals surface area contributed by atoms with E-state index in [0.717, 1.165) is 24.8 Å². The standard InChI is InChI=1S/C11H14N2O2/c1-8-3-4-10(13(14)15)9(7-8)11(12)5-2-6-11/h3-4,7H,2,5-6,12H2,1H3. The van der Waals surface area contributed by atoms with E-state index in [1.807, 2.05) is 13.0 Å². The Morgan fingerprint density at radius 1 is 1.47 bits per heavy atom. The van der Waals surface area contributed by atoms with E-state index in [-0.39, 0.29) is 10.6 Å². The van der Waals surface area contributed by atoms with Gasteiger partial charge in [0.2, 0.25) is 0 Å². The Balaban J connectivity index is 2.52. The van der Waals surface area contributed by atoms with E-state index in [1.165, 1.54) is 0 Å². The molecule has 0 atom stereocenters. The van der Waals surface area contributed by atoms with Gasteiger partial charge in [0, 0.05) is 17.2 Å². The average molecular weight is 206 g/mol. The van der Waals surface area contributed by atoms with Crippen molar-refractivity contribution in [2.45, 2.75) is 31.7 Å². The van der Waals surface area contributed by atoms with Crippen LogP contribution in [-0.4, -0.2) is 4.92 Å². The zero-order valence-electron chi connectivity index (χ0n) is 8.69. The molecule has 4 heteroatoms. The van der Waals surface area contributed by atoms with Gasteiger partial charge in [-0.3, -0.25) is 10.1 Å². The third-order valence-corrected chi connectivity index (χ3v) is 3.13. The zero-order valence-corrected chi connectivity index (χ0v) is 8.69. The summed E-state index contributed by atoms with van der Waals surface area (Å²) in [6.45, 7) is 1.93. The van der Waals surface area contributed by atoms with Crippen molar-refractivity contribution in [1.29, 1.82) is 0 Å². The zero-order chi connectivity index (χ0) is 11.1. The quantitative estimate of drug-likeness (QED) is 0.596. The van der Waals surface area contributed by atoms with Crippen LogP contribution in [0.1, 0.15) is 30.4 Å². The Hall–Kier alpha value is -1.42. The number of hydrogen-bond acceptors (Lipinski definition) is 3. The van der Waals surface area contributed by atoms with Gasteiger partial charge in [-0.1, -0.05) is 11.6 Å². The third kappa shape index (κ3) is 1.61. The van der Waals surface area contributed by atoms with Crippen LogP contribution in [0.5, 0.6) is 0 Å². The molecule has 4 nitrogen and oxygen atoms in total. The molecule has 1 aliphatic carbocycles. The van der Waals surface area contributed by atoms with Crippen molar-refractivity contribution in [3.63, 3.8) is 0 Å². The van der Waals surface area contributed by atoms with Crippen LogP contribution in [0.25, 0.3) is 0 Å². The first kappa shape index (κ1) is 10.1. The molecule has 0 saturated heterocycles. The van der Waals surface area contributed by atoms with Crippen molar-refractivity contribution in [2.24, 2.45) is 5.73 Å². The fourth-order valence-electron chi connectivity index (χ4n) is 2.03. The number of nitro groups is 1. The lowest BCUT2D eigenvalue weighted by molar-refractivity contribution is -0.386. The SMILES string of the molecule is Cc1ccc([N+](=O)[O-])c(C2(N)CCC2)c1. The van der Waals surface area contributed by atoms with Crippen LogP contribution in [0.3, 0.4) is 0 Å². The number of rotatable bonds is 2. The molecule has 1 aromatic carbocycles. The van der Waals surface area contributed by atoms with E-state index in [2.05, 4.69) is 0 Å². The fraction of sp³-hybridized carbons (Fsp3) is 0.455. The highest BCUT2D eigenvalue weighted by molar-refractivity contribution is 5.47. The molecule has 1 saturated carbocycles. The van der Waals surface area contributed by atoms with Crippen molar-refractivity contribution in [2.75, 3.05) is 0 Å². The molecule has 0 amide bonds. The van der Waals surface area contributed by atoms with Crippen molar-refractivity contribution < 1.29 is 4.92 Å². The summed E-state index contributed by atoms with van der Waals surface area (Å²) in [5.74, 6) is 0. The van der Waals surface area contributed by atoms with E-state index in [0.29, 0.717) is 5.56 Å². The maximum atomic E-state index is 10.9. The number of nitrogens with two attached hydrogens (primary N) is 1. The minimum atomic E-state index is -0.464. The molecular weight excluding hydrogens is 192 g/mol. The molecule has 15 heavy (non-hydrogen) atoms. The van der Waals surface area contributed by atoms with E-state index in [4.69, 9.17) is 5.73 Å². The molecule has 0 aliphatic heterocycles. The second-order valence-corrected chi connectivity index (χ2v) is 4.29. The lowest BCUT2D eigenvalue weighted by Crippen LogP contribution is -2.43. The lowest BCUT2D eigenvalue weighted by Gasteiger charge is -2.38. The van der Waals surface area contributed by atoms with Crippen LogP contribution in [0.2, 0.25) is 0 Å². The van der Waals surface area contributed by atoms with Gasteiger partial charge in [-0.15, -0.1) is 0 Å². The average Bonchev–Trinajstić information content (AvgIpc) is 2.13. The monoisotopic (exact) mass is 206 g/mol. The largest absolute Gasteiger partial charge is 0.321 e. The van der Waals surface area contributed by atoms with Crippen molar-refractivity contribution >= 4 is 5.69 Å². The van der Waals surface area contributed by atoms with E-state index >= 15 is 0 Å². The summed E-state index contributed by atoms with van der Waals surface area (Å²) in [6, 6.07) is 5.15. The van der Waals surface area contributed by atoms with Gasteiger partial charge < -0.3 is 5.73 Å². The number of benzene rings is 1. The lowest BCUT2D eigenvalue weighted by atomic mass is 9.72. The first-order chi connectivity index (χ1) is 7.03. The van der Waals surface area contributed by atoms with Gasteiger partial charge in [-0.05, 0) is 32.3 Å². The van der Waals surface area contributed by atoms with E-state index in [1.54, 1.807) is 12.1 Å². The molecular formula is C11H14N2O2. The maximum absolute atomic E-state index is 10.9. The third-order valence-electron chi connectivity index (χ3n) is 3.13. The summed E-state index contributed by atoms with van der Waals surface area (Å²) in [5.41, 5.74) is 7.53. The Morgan fingerprint density at radius 2 is 2.13 bits per heavy atom. The summed E-state index contributed by atoms with van der Waals surface area (Å²) < 4.78 is 0. The highest BCUT2D eigenvalue weighted by atomic mass is 16.6. The molecule has 1 fully saturated rings. The fourth-order valence-corrected chi connectivity index (χ4v) is 2.03. The van der Waals surface area contributed by atoms with Gasteiger partial charge in [0.1, 0.15) is 0 Å². The molecule has 0 aromatic heterocycles. The predicted octanol–water partition coefficient (Wildman–Crippen LogP) is 2.24. The van der Waals surface area contributed by atoms with Crippen molar-refractivity contribution in [1.82, 2.24) is 0 Å². The van der Waals surface area contributed by atoms with Crippen molar-refractivity contribution in [3.05, 3.63) is 39.4 Å².